The topological polar surface area (TPSA) is 54.2 Å². The highest BCUT2D eigenvalue weighted by atomic mass is 16.5. The molecule has 0 amide bonds. The van der Waals surface area contributed by atoms with Crippen LogP contribution in [0.25, 0.3) is 0 Å². The van der Waals surface area contributed by atoms with Gasteiger partial charge in [0.25, 0.3) is 0 Å². The molecule has 5 heteroatoms. The molecular weight excluding hydrogens is 240 g/mol. The quantitative estimate of drug-likeness (QED) is 0.848. The first-order valence-corrected chi connectivity index (χ1v) is 7.60. The summed E-state index contributed by atoms with van der Waals surface area (Å²) in [5.41, 5.74) is 0. The van der Waals surface area contributed by atoms with Crippen LogP contribution in [-0.2, 0) is 6.54 Å². The van der Waals surface area contributed by atoms with Crippen LogP contribution in [0.3, 0.4) is 0 Å². The fourth-order valence-electron chi connectivity index (χ4n) is 2.78. The highest BCUT2D eigenvalue weighted by Gasteiger charge is 2.29. The molecule has 1 aromatic rings. The predicted molar refractivity (Wildman–Crippen MR) is 72.8 cm³/mol. The molecule has 5 nitrogen and oxygen atoms in total. The molecule has 1 aliphatic carbocycles. The molecule has 1 saturated heterocycles. The van der Waals surface area contributed by atoms with Crippen LogP contribution in [0.15, 0.2) is 4.52 Å². The van der Waals surface area contributed by atoms with Crippen LogP contribution in [0.4, 0.5) is 0 Å². The van der Waals surface area contributed by atoms with Gasteiger partial charge in [-0.15, -0.1) is 0 Å². The maximum Gasteiger partial charge on any atom is 0.229 e. The van der Waals surface area contributed by atoms with Crippen molar-refractivity contribution in [3.05, 3.63) is 11.7 Å². The summed E-state index contributed by atoms with van der Waals surface area (Å²) < 4.78 is 5.32. The Morgan fingerprint density at radius 3 is 2.95 bits per heavy atom. The van der Waals surface area contributed by atoms with E-state index in [1.165, 1.54) is 32.2 Å². The highest BCUT2D eigenvalue weighted by Crippen LogP contribution is 2.38. The van der Waals surface area contributed by atoms with Crippen LogP contribution in [0.5, 0.6) is 0 Å². The van der Waals surface area contributed by atoms with Gasteiger partial charge in [-0.1, -0.05) is 12.1 Å². The molecule has 1 unspecified atom stereocenters. The van der Waals surface area contributed by atoms with E-state index in [4.69, 9.17) is 4.52 Å². The van der Waals surface area contributed by atoms with Gasteiger partial charge in [-0.25, -0.2) is 0 Å². The van der Waals surface area contributed by atoms with Crippen molar-refractivity contribution in [2.24, 2.45) is 5.92 Å². The number of aromatic nitrogens is 2. The van der Waals surface area contributed by atoms with E-state index in [0.29, 0.717) is 5.92 Å². The summed E-state index contributed by atoms with van der Waals surface area (Å²) in [4.78, 5) is 6.95. The third kappa shape index (κ3) is 3.54. The van der Waals surface area contributed by atoms with Gasteiger partial charge in [-0.2, -0.15) is 4.98 Å². The smallest absolute Gasteiger partial charge is 0.229 e. The molecule has 0 bridgehead atoms. The van der Waals surface area contributed by atoms with Crippen molar-refractivity contribution < 1.29 is 4.52 Å². The molecule has 1 N–H and O–H groups in total. The van der Waals surface area contributed by atoms with Gasteiger partial charge in [0.2, 0.25) is 5.89 Å². The number of piperidine rings is 1. The van der Waals surface area contributed by atoms with E-state index in [1.54, 1.807) is 0 Å². The Balaban J connectivity index is 1.52. The molecule has 2 heterocycles. The largest absolute Gasteiger partial charge is 0.339 e. The molecule has 1 aromatic heterocycles. The van der Waals surface area contributed by atoms with Crippen LogP contribution < -0.4 is 5.32 Å². The Bertz CT molecular complexity index is 396. The van der Waals surface area contributed by atoms with Gasteiger partial charge in [-0.05, 0) is 51.2 Å². The summed E-state index contributed by atoms with van der Waals surface area (Å²) in [5.74, 6) is 3.03. The minimum atomic E-state index is 0.555. The van der Waals surface area contributed by atoms with E-state index in [-0.39, 0.29) is 0 Å². The zero-order valence-electron chi connectivity index (χ0n) is 11.8. The molecule has 1 aliphatic heterocycles. The Hall–Kier alpha value is -0.940. The molecule has 3 rings (SSSR count). The second-order valence-electron chi connectivity index (χ2n) is 5.86. The molecular formula is C14H24N4O. The van der Waals surface area contributed by atoms with E-state index in [1.807, 2.05) is 0 Å². The van der Waals surface area contributed by atoms with Crippen molar-refractivity contribution in [2.75, 3.05) is 26.2 Å². The third-order valence-electron chi connectivity index (χ3n) is 4.14. The SMILES string of the molecule is CCN(Cc1noc(C2CC2)n1)CC1CCCNC1. The van der Waals surface area contributed by atoms with Gasteiger partial charge < -0.3 is 9.84 Å². The molecule has 2 fully saturated rings. The molecule has 1 saturated carbocycles. The molecule has 2 aliphatic rings. The first kappa shape index (κ1) is 13.1. The Labute approximate surface area is 114 Å². The zero-order valence-corrected chi connectivity index (χ0v) is 11.8. The second kappa shape index (κ2) is 6.01. The Kier molecular flexibility index (Phi) is 4.13. The van der Waals surface area contributed by atoms with Crippen molar-refractivity contribution in [3.8, 4) is 0 Å². The third-order valence-corrected chi connectivity index (χ3v) is 4.14. The average molecular weight is 264 g/mol. The van der Waals surface area contributed by atoms with Gasteiger partial charge in [0.1, 0.15) is 0 Å². The molecule has 106 valence electrons. The highest BCUT2D eigenvalue weighted by molar-refractivity contribution is 5.01. The zero-order chi connectivity index (χ0) is 13.1. The minimum Gasteiger partial charge on any atom is -0.339 e. The maximum atomic E-state index is 5.32. The monoisotopic (exact) mass is 264 g/mol. The van der Waals surface area contributed by atoms with Crippen molar-refractivity contribution >= 4 is 0 Å². The van der Waals surface area contributed by atoms with Gasteiger partial charge in [-0.3, -0.25) is 4.90 Å². The van der Waals surface area contributed by atoms with Crippen molar-refractivity contribution in [1.29, 1.82) is 0 Å². The molecule has 0 spiro atoms. The lowest BCUT2D eigenvalue weighted by Gasteiger charge is -2.28. The maximum absolute atomic E-state index is 5.32. The van der Waals surface area contributed by atoms with E-state index >= 15 is 0 Å². The summed E-state index contributed by atoms with van der Waals surface area (Å²) in [6, 6.07) is 0. The molecule has 19 heavy (non-hydrogen) atoms. The lowest BCUT2D eigenvalue weighted by molar-refractivity contribution is 0.203. The van der Waals surface area contributed by atoms with Gasteiger partial charge in [0.05, 0.1) is 6.54 Å². The van der Waals surface area contributed by atoms with Crippen LogP contribution in [0, 0.1) is 5.92 Å². The first-order valence-electron chi connectivity index (χ1n) is 7.60. The number of nitrogens with zero attached hydrogens (tertiary/aromatic N) is 3. The van der Waals surface area contributed by atoms with Crippen molar-refractivity contribution in [3.63, 3.8) is 0 Å². The summed E-state index contributed by atoms with van der Waals surface area (Å²) in [6.45, 7) is 7.54. The fraction of sp³-hybridized carbons (Fsp3) is 0.857. The minimum absolute atomic E-state index is 0.555. The van der Waals surface area contributed by atoms with E-state index in [0.717, 1.165) is 43.8 Å². The van der Waals surface area contributed by atoms with Crippen LogP contribution in [-0.4, -0.2) is 41.2 Å². The standard InChI is InChI=1S/C14H24N4O/c1-2-18(9-11-4-3-7-15-8-11)10-13-16-14(19-17-13)12-5-6-12/h11-12,15H,2-10H2,1H3. The average Bonchev–Trinajstić information content (AvgIpc) is 3.20. The number of hydrogen-bond acceptors (Lipinski definition) is 5. The molecule has 1 atom stereocenters. The predicted octanol–water partition coefficient (Wildman–Crippen LogP) is 1.77. The van der Waals surface area contributed by atoms with E-state index in [2.05, 4.69) is 27.3 Å². The molecule has 0 aromatic carbocycles. The Morgan fingerprint density at radius 2 is 2.26 bits per heavy atom. The van der Waals surface area contributed by atoms with Crippen LogP contribution in [0.1, 0.15) is 50.2 Å². The lowest BCUT2D eigenvalue weighted by Crippen LogP contribution is -2.38. The fourth-order valence-corrected chi connectivity index (χ4v) is 2.78. The first-order chi connectivity index (χ1) is 9.35. The molecule has 0 radical (unpaired) electrons. The van der Waals surface area contributed by atoms with E-state index < -0.39 is 0 Å². The summed E-state index contributed by atoms with van der Waals surface area (Å²) in [5, 5.41) is 7.59. The van der Waals surface area contributed by atoms with Gasteiger partial charge in [0.15, 0.2) is 5.82 Å². The Morgan fingerprint density at radius 1 is 1.37 bits per heavy atom. The summed E-state index contributed by atoms with van der Waals surface area (Å²) >= 11 is 0. The number of hydrogen-bond donors (Lipinski definition) is 1. The van der Waals surface area contributed by atoms with Crippen LogP contribution >= 0.6 is 0 Å². The van der Waals surface area contributed by atoms with Crippen molar-refractivity contribution in [2.45, 2.75) is 45.1 Å². The second-order valence-corrected chi connectivity index (χ2v) is 5.86. The summed E-state index contributed by atoms with van der Waals surface area (Å²) in [6.07, 6.45) is 5.07. The van der Waals surface area contributed by atoms with Crippen molar-refractivity contribution in [1.82, 2.24) is 20.4 Å². The van der Waals surface area contributed by atoms with Gasteiger partial charge in [0, 0.05) is 12.5 Å². The van der Waals surface area contributed by atoms with Gasteiger partial charge >= 0.3 is 0 Å². The lowest BCUT2D eigenvalue weighted by atomic mass is 9.99. The van der Waals surface area contributed by atoms with E-state index in [9.17, 15) is 0 Å². The normalized spacial score (nSPS) is 24.0. The number of rotatable bonds is 6. The van der Waals surface area contributed by atoms with Crippen LogP contribution in [0.2, 0.25) is 0 Å². The number of nitrogens with one attached hydrogen (secondary N) is 1. The summed E-state index contributed by atoms with van der Waals surface area (Å²) in [7, 11) is 0.